The Hall–Kier alpha value is -1.33. The van der Waals surface area contributed by atoms with Gasteiger partial charge in [0.15, 0.2) is 6.29 Å². The van der Waals surface area contributed by atoms with Crippen LogP contribution >= 0.6 is 0 Å². The van der Waals surface area contributed by atoms with Crippen molar-refractivity contribution in [1.29, 1.82) is 0 Å². The van der Waals surface area contributed by atoms with Crippen molar-refractivity contribution < 1.29 is 39.8 Å². The predicted octanol–water partition coefficient (Wildman–Crippen LogP) is 6.63. The summed E-state index contributed by atoms with van der Waals surface area (Å²) in [5.41, 5.74) is 0. The highest BCUT2D eigenvalue weighted by Gasteiger charge is 2.44. The molecule has 1 amide bonds. The molecule has 0 saturated carbocycles. The fraction of sp³-hybridized carbons (Fsp3) is 0.872. The predicted molar refractivity (Wildman–Crippen MR) is 193 cm³/mol. The van der Waals surface area contributed by atoms with Crippen molar-refractivity contribution in [2.45, 2.75) is 198 Å². The maximum atomic E-state index is 12.8. The highest BCUT2D eigenvalue weighted by Crippen LogP contribution is 2.22. The Kier molecular flexibility index (Phi) is 27.4. The van der Waals surface area contributed by atoms with E-state index in [0.717, 1.165) is 44.4 Å². The number of hydrogen-bond acceptors (Lipinski definition) is 8. The standard InChI is InChI=1S/C39H73NO8/c1-4-5-6-7-8-9-10-11-12-15-18-21-24-27-33(42)32(30-47-39-38(46)37(45)36(44)34(29-41)48-39)40-35(43)28-25-22-19-16-13-14-17-20-23-26-31(2)3/h12,15,24,27,31-34,36-39,41-42,44-46H,4-11,13-14,16-23,25-26,28-30H2,1-3H3,(H,40,43)/b15-12+,27-24+. The minimum Gasteiger partial charge on any atom is -0.394 e. The van der Waals surface area contributed by atoms with Crippen LogP contribution < -0.4 is 5.32 Å². The van der Waals surface area contributed by atoms with Crippen molar-refractivity contribution in [2.24, 2.45) is 5.92 Å². The Morgan fingerprint density at radius 3 is 1.94 bits per heavy atom. The second-order valence-corrected chi connectivity index (χ2v) is 14.2. The Morgan fingerprint density at radius 1 is 0.750 bits per heavy atom. The first-order valence-corrected chi connectivity index (χ1v) is 19.4. The number of rotatable bonds is 30. The van der Waals surface area contributed by atoms with E-state index in [1.807, 2.05) is 6.08 Å². The number of hydrogen-bond donors (Lipinski definition) is 6. The summed E-state index contributed by atoms with van der Waals surface area (Å²) in [6.45, 7) is 6.02. The fourth-order valence-electron chi connectivity index (χ4n) is 6.00. The van der Waals surface area contributed by atoms with Crippen LogP contribution in [0.15, 0.2) is 24.3 Å². The quantitative estimate of drug-likeness (QED) is 0.0365. The molecule has 282 valence electrons. The van der Waals surface area contributed by atoms with Gasteiger partial charge in [-0.15, -0.1) is 0 Å². The van der Waals surface area contributed by atoms with Crippen LogP contribution in [-0.2, 0) is 14.3 Å². The van der Waals surface area contributed by atoms with Gasteiger partial charge in [-0.2, -0.15) is 0 Å². The first kappa shape index (κ1) is 44.7. The van der Waals surface area contributed by atoms with Gasteiger partial charge in [-0.1, -0.05) is 141 Å². The highest BCUT2D eigenvalue weighted by molar-refractivity contribution is 5.76. The molecule has 0 bridgehead atoms. The molecule has 0 aromatic rings. The van der Waals surface area contributed by atoms with Gasteiger partial charge in [-0.05, 0) is 38.0 Å². The van der Waals surface area contributed by atoms with E-state index >= 15 is 0 Å². The molecule has 9 heteroatoms. The van der Waals surface area contributed by atoms with Crippen LogP contribution in [0.25, 0.3) is 0 Å². The molecule has 48 heavy (non-hydrogen) atoms. The third-order valence-electron chi connectivity index (χ3n) is 9.21. The zero-order valence-electron chi connectivity index (χ0n) is 30.7. The molecular weight excluding hydrogens is 610 g/mol. The molecule has 1 rings (SSSR count). The van der Waals surface area contributed by atoms with Crippen LogP contribution in [0.2, 0.25) is 0 Å². The molecule has 7 atom stereocenters. The van der Waals surface area contributed by atoms with Crippen LogP contribution in [0.4, 0.5) is 0 Å². The molecule has 7 unspecified atom stereocenters. The molecule has 0 aromatic carbocycles. The minimum absolute atomic E-state index is 0.191. The number of nitrogens with one attached hydrogen (secondary N) is 1. The van der Waals surface area contributed by atoms with Crippen LogP contribution in [0, 0.1) is 5.92 Å². The average molecular weight is 684 g/mol. The van der Waals surface area contributed by atoms with Crippen molar-refractivity contribution in [3.8, 4) is 0 Å². The summed E-state index contributed by atoms with van der Waals surface area (Å²) in [5.74, 6) is 0.595. The Bertz CT molecular complexity index is 820. The van der Waals surface area contributed by atoms with E-state index in [0.29, 0.717) is 6.42 Å². The summed E-state index contributed by atoms with van der Waals surface area (Å²) in [6.07, 6.45) is 23.7. The fourth-order valence-corrected chi connectivity index (χ4v) is 6.00. The van der Waals surface area contributed by atoms with Crippen LogP contribution in [0.3, 0.4) is 0 Å². The molecule has 1 aliphatic heterocycles. The molecule has 1 aliphatic rings. The lowest BCUT2D eigenvalue weighted by Gasteiger charge is -2.40. The lowest BCUT2D eigenvalue weighted by atomic mass is 9.99. The van der Waals surface area contributed by atoms with E-state index < -0.39 is 49.5 Å². The van der Waals surface area contributed by atoms with E-state index in [1.54, 1.807) is 6.08 Å². The minimum atomic E-state index is -1.57. The van der Waals surface area contributed by atoms with Gasteiger partial charge in [0.1, 0.15) is 24.4 Å². The summed E-state index contributed by atoms with van der Waals surface area (Å²) in [4.78, 5) is 12.8. The van der Waals surface area contributed by atoms with Crippen molar-refractivity contribution in [3.05, 3.63) is 24.3 Å². The van der Waals surface area contributed by atoms with E-state index in [1.165, 1.54) is 89.9 Å². The maximum Gasteiger partial charge on any atom is 0.220 e. The van der Waals surface area contributed by atoms with Crippen molar-refractivity contribution >= 4 is 5.91 Å². The SMILES string of the molecule is CCCCCCCCC/C=C/CC/C=C/C(O)C(COC1OC(CO)C(O)C(O)C1O)NC(=O)CCCCCCCCCCCC(C)C. The number of allylic oxidation sites excluding steroid dienone is 3. The molecule has 0 aromatic heterocycles. The van der Waals surface area contributed by atoms with Crippen molar-refractivity contribution in [3.63, 3.8) is 0 Å². The zero-order chi connectivity index (χ0) is 35.4. The lowest BCUT2D eigenvalue weighted by Crippen LogP contribution is -2.60. The zero-order valence-corrected chi connectivity index (χ0v) is 30.7. The van der Waals surface area contributed by atoms with Gasteiger partial charge >= 0.3 is 0 Å². The maximum absolute atomic E-state index is 12.8. The molecule has 1 fully saturated rings. The van der Waals surface area contributed by atoms with Gasteiger partial charge in [0.05, 0.1) is 25.4 Å². The number of aliphatic hydroxyl groups is 5. The summed E-state index contributed by atoms with van der Waals surface area (Å²) >= 11 is 0. The van der Waals surface area contributed by atoms with Crippen LogP contribution in [0.1, 0.15) is 156 Å². The largest absolute Gasteiger partial charge is 0.394 e. The summed E-state index contributed by atoms with van der Waals surface area (Å²) in [5, 5.41) is 53.8. The third kappa shape index (κ3) is 21.7. The summed E-state index contributed by atoms with van der Waals surface area (Å²) in [6, 6.07) is -0.815. The number of ether oxygens (including phenoxy) is 2. The van der Waals surface area contributed by atoms with Crippen LogP contribution in [-0.4, -0.2) is 87.5 Å². The lowest BCUT2D eigenvalue weighted by molar-refractivity contribution is -0.302. The second kappa shape index (κ2) is 29.4. The van der Waals surface area contributed by atoms with E-state index in [4.69, 9.17) is 9.47 Å². The smallest absolute Gasteiger partial charge is 0.220 e. The van der Waals surface area contributed by atoms with E-state index in [-0.39, 0.29) is 12.5 Å². The molecule has 1 saturated heterocycles. The van der Waals surface area contributed by atoms with E-state index in [9.17, 15) is 30.3 Å². The average Bonchev–Trinajstić information content (AvgIpc) is 3.07. The molecule has 1 heterocycles. The molecule has 6 N–H and O–H groups in total. The molecule has 0 aliphatic carbocycles. The van der Waals surface area contributed by atoms with E-state index in [2.05, 4.69) is 38.2 Å². The topological polar surface area (TPSA) is 149 Å². The second-order valence-electron chi connectivity index (χ2n) is 14.2. The molecular formula is C39H73NO8. The van der Waals surface area contributed by atoms with Gasteiger partial charge < -0.3 is 40.3 Å². The summed E-state index contributed by atoms with van der Waals surface area (Å²) in [7, 11) is 0. The molecule has 0 radical (unpaired) electrons. The highest BCUT2D eigenvalue weighted by atomic mass is 16.7. The van der Waals surface area contributed by atoms with Crippen molar-refractivity contribution in [1.82, 2.24) is 5.32 Å². The first-order valence-electron chi connectivity index (χ1n) is 19.4. The normalized spacial score (nSPS) is 23.0. The number of carbonyl (C=O) groups excluding carboxylic acids is 1. The molecule has 0 spiro atoms. The Labute approximate surface area is 292 Å². The third-order valence-corrected chi connectivity index (χ3v) is 9.21. The Balaban J connectivity index is 2.49. The van der Waals surface area contributed by atoms with Gasteiger partial charge in [-0.3, -0.25) is 4.79 Å². The van der Waals surface area contributed by atoms with Crippen LogP contribution in [0.5, 0.6) is 0 Å². The number of unbranched alkanes of at least 4 members (excludes halogenated alkanes) is 16. The summed E-state index contributed by atoms with van der Waals surface area (Å²) < 4.78 is 11.1. The number of carbonyl (C=O) groups is 1. The van der Waals surface area contributed by atoms with Gasteiger partial charge in [0.2, 0.25) is 5.91 Å². The monoisotopic (exact) mass is 684 g/mol. The van der Waals surface area contributed by atoms with Crippen molar-refractivity contribution in [2.75, 3.05) is 13.2 Å². The number of aliphatic hydroxyl groups excluding tert-OH is 5. The Morgan fingerprint density at radius 2 is 1.31 bits per heavy atom. The van der Waals surface area contributed by atoms with Gasteiger partial charge in [-0.25, -0.2) is 0 Å². The first-order chi connectivity index (χ1) is 23.2. The molecule has 9 nitrogen and oxygen atoms in total. The van der Waals surface area contributed by atoms with Gasteiger partial charge in [0, 0.05) is 6.42 Å². The number of amides is 1. The van der Waals surface area contributed by atoms with Gasteiger partial charge in [0.25, 0.3) is 0 Å².